The van der Waals surface area contributed by atoms with Crippen LogP contribution in [0.4, 0.5) is 10.2 Å². The highest BCUT2D eigenvalue weighted by atomic mass is 32.2. The number of anilines is 1. The van der Waals surface area contributed by atoms with E-state index in [1.807, 2.05) is 6.92 Å². The van der Waals surface area contributed by atoms with E-state index in [9.17, 15) is 26.0 Å². The second kappa shape index (κ2) is 10.4. The molecule has 9 nitrogen and oxygen atoms in total. The van der Waals surface area contributed by atoms with Crippen LogP contribution in [0.15, 0.2) is 34.7 Å². The Morgan fingerprint density at radius 1 is 1.14 bits per heavy atom. The Kier molecular flexibility index (Phi) is 8.04. The molecule has 0 spiro atoms. The Morgan fingerprint density at radius 2 is 1.76 bits per heavy atom. The minimum Gasteiger partial charge on any atom is -0.437 e. The second-order valence-electron chi connectivity index (χ2n) is 9.69. The Morgan fingerprint density at radius 3 is 2.27 bits per heavy atom. The maximum absolute atomic E-state index is 13.5. The fraction of sp³-hybridized carbons (Fsp3) is 0.440. The third-order valence-corrected chi connectivity index (χ3v) is 9.87. The number of hydrogen-bond acceptors (Lipinski definition) is 7. The highest BCUT2D eigenvalue weighted by molar-refractivity contribution is 7.92. The molecule has 0 bridgehead atoms. The van der Waals surface area contributed by atoms with Crippen LogP contribution in [-0.2, 0) is 26.3 Å². The molecule has 202 valence electrons. The smallest absolute Gasteiger partial charge is 0.255 e. The summed E-state index contributed by atoms with van der Waals surface area (Å²) in [6, 6.07) is 7.08. The van der Waals surface area contributed by atoms with Gasteiger partial charge in [-0.05, 0) is 69.5 Å². The number of carbonyl (C=O) groups excluding carboxylic acids is 1. The van der Waals surface area contributed by atoms with Crippen molar-refractivity contribution in [1.29, 1.82) is 0 Å². The Labute approximate surface area is 217 Å². The van der Waals surface area contributed by atoms with E-state index in [-0.39, 0.29) is 41.6 Å². The average molecular weight is 554 g/mol. The number of fused-ring (bicyclic) bond motifs is 1. The minimum atomic E-state index is -3.84. The number of halogens is 1. The van der Waals surface area contributed by atoms with Crippen LogP contribution in [0.25, 0.3) is 22.4 Å². The number of nitrogens with zero attached hydrogens (tertiary/aromatic N) is 2. The van der Waals surface area contributed by atoms with E-state index in [1.54, 1.807) is 26.8 Å². The first-order chi connectivity index (χ1) is 17.1. The predicted molar refractivity (Wildman–Crippen MR) is 143 cm³/mol. The van der Waals surface area contributed by atoms with Crippen LogP contribution in [0.3, 0.4) is 0 Å². The van der Waals surface area contributed by atoms with E-state index in [0.29, 0.717) is 22.9 Å². The molecule has 1 aromatic carbocycles. The van der Waals surface area contributed by atoms with Gasteiger partial charge in [-0.3, -0.25) is 9.10 Å². The standard InChI is InChI=1S/C25H32FN3O6S2/c1-7-16-15-19-20(23(30)27-5)21(17-9-11-18(26)12-10-17)35-24(19)28-22(16)29(36(6,31)32)13-8-14-37(33,34)25(2,3)4/h9-12,15H,7-8,13-14H2,1-6H3,(H,27,30). The average Bonchev–Trinajstić information content (AvgIpc) is 3.17. The summed E-state index contributed by atoms with van der Waals surface area (Å²) in [5.41, 5.74) is 1.21. The van der Waals surface area contributed by atoms with Crippen LogP contribution in [0.5, 0.6) is 0 Å². The number of amides is 1. The van der Waals surface area contributed by atoms with Gasteiger partial charge in [0.15, 0.2) is 9.84 Å². The molecular weight excluding hydrogens is 521 g/mol. The Bertz CT molecular complexity index is 1520. The summed E-state index contributed by atoms with van der Waals surface area (Å²) in [6.07, 6.45) is 1.48. The zero-order valence-corrected chi connectivity index (χ0v) is 23.4. The molecule has 2 heterocycles. The summed E-state index contributed by atoms with van der Waals surface area (Å²) in [4.78, 5) is 17.3. The van der Waals surface area contributed by atoms with Crippen molar-refractivity contribution in [2.24, 2.45) is 0 Å². The normalized spacial score (nSPS) is 12.6. The maximum atomic E-state index is 13.5. The van der Waals surface area contributed by atoms with Gasteiger partial charge in [-0.25, -0.2) is 21.2 Å². The summed E-state index contributed by atoms with van der Waals surface area (Å²) < 4.78 is 70.2. The molecule has 0 aliphatic rings. The van der Waals surface area contributed by atoms with Gasteiger partial charge in [0.25, 0.3) is 5.91 Å². The fourth-order valence-electron chi connectivity index (χ4n) is 3.82. The molecule has 0 radical (unpaired) electrons. The van der Waals surface area contributed by atoms with Crippen molar-refractivity contribution in [3.63, 3.8) is 0 Å². The lowest BCUT2D eigenvalue weighted by Gasteiger charge is -2.24. The first-order valence-electron chi connectivity index (χ1n) is 11.7. The fourth-order valence-corrected chi connectivity index (χ4v) is 5.87. The quantitative estimate of drug-likeness (QED) is 0.425. The van der Waals surface area contributed by atoms with Crippen LogP contribution in [0.1, 0.15) is 50.0 Å². The number of hydrogen-bond donors (Lipinski definition) is 1. The van der Waals surface area contributed by atoms with Gasteiger partial charge in [0.2, 0.25) is 15.7 Å². The Balaban J connectivity index is 2.15. The highest BCUT2D eigenvalue weighted by Gasteiger charge is 2.31. The minimum absolute atomic E-state index is 0.0288. The molecule has 1 amide bonds. The molecule has 3 rings (SSSR count). The van der Waals surface area contributed by atoms with Crippen molar-refractivity contribution in [3.05, 3.63) is 47.3 Å². The third-order valence-electron chi connectivity index (χ3n) is 6.02. The number of sulfone groups is 1. The van der Waals surface area contributed by atoms with E-state index in [0.717, 1.165) is 10.6 Å². The van der Waals surface area contributed by atoms with Crippen molar-refractivity contribution in [2.45, 2.75) is 45.3 Å². The topological polar surface area (TPSA) is 127 Å². The van der Waals surface area contributed by atoms with Gasteiger partial charge in [0.1, 0.15) is 17.4 Å². The van der Waals surface area contributed by atoms with E-state index >= 15 is 0 Å². The first kappa shape index (κ1) is 28.6. The zero-order valence-electron chi connectivity index (χ0n) is 21.8. The number of nitrogens with one attached hydrogen (secondary N) is 1. The summed E-state index contributed by atoms with van der Waals surface area (Å²) in [7, 11) is -5.82. The molecule has 0 fully saturated rings. The third kappa shape index (κ3) is 5.96. The molecule has 37 heavy (non-hydrogen) atoms. The van der Waals surface area contributed by atoms with Crippen molar-refractivity contribution in [3.8, 4) is 11.3 Å². The van der Waals surface area contributed by atoms with Gasteiger partial charge < -0.3 is 9.73 Å². The monoisotopic (exact) mass is 553 g/mol. The number of furan rings is 1. The molecule has 0 saturated heterocycles. The zero-order chi connectivity index (χ0) is 27.8. The van der Waals surface area contributed by atoms with Crippen LogP contribution in [0, 0.1) is 5.82 Å². The molecule has 3 aromatic rings. The number of rotatable bonds is 9. The van der Waals surface area contributed by atoms with E-state index in [2.05, 4.69) is 10.3 Å². The molecule has 0 unspecified atom stereocenters. The largest absolute Gasteiger partial charge is 0.437 e. The number of benzene rings is 1. The van der Waals surface area contributed by atoms with Crippen LogP contribution >= 0.6 is 0 Å². The lowest BCUT2D eigenvalue weighted by Crippen LogP contribution is -2.35. The summed E-state index contributed by atoms with van der Waals surface area (Å²) in [5, 5.41) is 2.95. The number of carbonyl (C=O) groups is 1. The molecule has 0 saturated carbocycles. The lowest BCUT2D eigenvalue weighted by atomic mass is 10.0. The number of aryl methyl sites for hydroxylation is 1. The van der Waals surface area contributed by atoms with Crippen LogP contribution < -0.4 is 9.62 Å². The molecule has 0 aliphatic carbocycles. The molecular formula is C25H32FN3O6S2. The van der Waals surface area contributed by atoms with E-state index in [1.165, 1.54) is 31.3 Å². The van der Waals surface area contributed by atoms with Crippen molar-refractivity contribution in [1.82, 2.24) is 10.3 Å². The SMILES string of the molecule is CCc1cc2c(C(=O)NC)c(-c3ccc(F)cc3)oc2nc1N(CCCS(=O)(=O)C(C)(C)C)S(C)(=O)=O. The van der Waals surface area contributed by atoms with Crippen molar-refractivity contribution in [2.75, 3.05) is 29.9 Å². The van der Waals surface area contributed by atoms with Gasteiger partial charge in [-0.15, -0.1) is 0 Å². The maximum Gasteiger partial charge on any atom is 0.255 e. The molecule has 0 aliphatic heterocycles. The first-order valence-corrected chi connectivity index (χ1v) is 15.2. The number of sulfonamides is 1. The Hall–Kier alpha value is -2.99. The van der Waals surface area contributed by atoms with Gasteiger partial charge >= 0.3 is 0 Å². The molecule has 2 aromatic heterocycles. The summed E-state index contributed by atoms with van der Waals surface area (Å²) in [6.45, 7) is 6.51. The second-order valence-corrected chi connectivity index (χ2v) is 14.5. The van der Waals surface area contributed by atoms with Crippen molar-refractivity contribution >= 4 is 42.7 Å². The van der Waals surface area contributed by atoms with E-state index < -0.39 is 36.3 Å². The van der Waals surface area contributed by atoms with Crippen LogP contribution in [-0.4, -0.2) is 58.1 Å². The van der Waals surface area contributed by atoms with Gasteiger partial charge in [0.05, 0.1) is 27.7 Å². The highest BCUT2D eigenvalue weighted by Crippen LogP contribution is 2.36. The lowest BCUT2D eigenvalue weighted by molar-refractivity contribution is 0.0964. The number of aromatic nitrogens is 1. The van der Waals surface area contributed by atoms with Crippen molar-refractivity contribution < 1.29 is 30.4 Å². The molecule has 12 heteroatoms. The summed E-state index contributed by atoms with van der Waals surface area (Å²) in [5.74, 6) is -0.811. The van der Waals surface area contributed by atoms with Crippen LogP contribution in [0.2, 0.25) is 0 Å². The molecule has 0 atom stereocenters. The number of pyridine rings is 1. The van der Waals surface area contributed by atoms with Gasteiger partial charge in [-0.1, -0.05) is 6.92 Å². The molecule has 1 N–H and O–H groups in total. The van der Waals surface area contributed by atoms with Gasteiger partial charge in [0, 0.05) is 19.2 Å². The van der Waals surface area contributed by atoms with Gasteiger partial charge in [-0.2, -0.15) is 4.98 Å². The predicted octanol–water partition coefficient (Wildman–Crippen LogP) is 3.93. The summed E-state index contributed by atoms with van der Waals surface area (Å²) >= 11 is 0. The van der Waals surface area contributed by atoms with E-state index in [4.69, 9.17) is 4.42 Å².